The van der Waals surface area contributed by atoms with Gasteiger partial charge in [0, 0.05) is 10.6 Å². The van der Waals surface area contributed by atoms with Gasteiger partial charge in [0.25, 0.3) is 5.91 Å². The number of carbonyl (C=O) groups excluding carboxylic acids is 1. The smallest absolute Gasteiger partial charge is 0.255 e. The van der Waals surface area contributed by atoms with Crippen LogP contribution in [0.5, 0.6) is 5.75 Å². The average Bonchev–Trinajstić information content (AvgIpc) is 2.68. The second kappa shape index (κ2) is 5.54. The molecule has 1 atom stereocenters. The van der Waals surface area contributed by atoms with E-state index < -0.39 is 0 Å². The molecule has 5 nitrogen and oxygen atoms in total. The first-order chi connectivity index (χ1) is 9.40. The van der Waals surface area contributed by atoms with E-state index in [9.17, 15) is 9.90 Å². The summed E-state index contributed by atoms with van der Waals surface area (Å²) in [5.74, 6) is 0.128. The van der Waals surface area contributed by atoms with Gasteiger partial charge >= 0.3 is 0 Å². The number of phenols is 1. The number of aromatic nitrogens is 1. The first-order valence-corrected chi connectivity index (χ1v) is 6.50. The number of rotatable bonds is 3. The summed E-state index contributed by atoms with van der Waals surface area (Å²) in [5, 5.41) is 16.8. The SMILES string of the molecule is Cc1noc(C)c1C(C)NC(=O)c1ccc(Cl)cc1O. The van der Waals surface area contributed by atoms with Gasteiger partial charge in [-0.15, -0.1) is 0 Å². The van der Waals surface area contributed by atoms with Crippen LogP contribution in [0.4, 0.5) is 0 Å². The van der Waals surface area contributed by atoms with E-state index in [0.29, 0.717) is 10.8 Å². The average molecular weight is 295 g/mol. The largest absolute Gasteiger partial charge is 0.507 e. The molecule has 0 aliphatic heterocycles. The Morgan fingerprint density at radius 3 is 2.70 bits per heavy atom. The first kappa shape index (κ1) is 14.4. The van der Waals surface area contributed by atoms with E-state index in [-0.39, 0.29) is 23.3 Å². The van der Waals surface area contributed by atoms with Gasteiger partial charge in [0.05, 0.1) is 17.3 Å². The Morgan fingerprint density at radius 2 is 2.15 bits per heavy atom. The summed E-state index contributed by atoms with van der Waals surface area (Å²) < 4.78 is 5.08. The van der Waals surface area contributed by atoms with Crippen molar-refractivity contribution in [3.05, 3.63) is 45.8 Å². The van der Waals surface area contributed by atoms with E-state index in [2.05, 4.69) is 10.5 Å². The molecular formula is C14H15ClN2O3. The molecule has 6 heteroatoms. The highest BCUT2D eigenvalue weighted by Crippen LogP contribution is 2.24. The number of nitrogens with zero attached hydrogens (tertiary/aromatic N) is 1. The number of halogens is 1. The lowest BCUT2D eigenvalue weighted by molar-refractivity contribution is 0.0937. The molecule has 0 aliphatic rings. The Morgan fingerprint density at radius 1 is 1.45 bits per heavy atom. The number of phenolic OH excluding ortho intramolecular Hbond substituents is 1. The lowest BCUT2D eigenvalue weighted by Gasteiger charge is -2.14. The lowest BCUT2D eigenvalue weighted by atomic mass is 10.1. The zero-order valence-corrected chi connectivity index (χ0v) is 12.2. The van der Waals surface area contributed by atoms with Gasteiger partial charge in [-0.3, -0.25) is 4.79 Å². The number of nitrogens with one attached hydrogen (secondary N) is 1. The standard InChI is InChI=1S/C14H15ClN2O3/c1-7(13-8(2)17-20-9(13)3)16-14(19)11-5-4-10(15)6-12(11)18/h4-7,18H,1-3H3,(H,16,19). The van der Waals surface area contributed by atoms with Crippen molar-refractivity contribution in [2.45, 2.75) is 26.8 Å². The van der Waals surface area contributed by atoms with Gasteiger partial charge < -0.3 is 14.9 Å². The Kier molecular flexibility index (Phi) is 3.99. The third-order valence-electron chi connectivity index (χ3n) is 3.07. The van der Waals surface area contributed by atoms with Crippen LogP contribution < -0.4 is 5.32 Å². The molecule has 0 saturated carbocycles. The summed E-state index contributed by atoms with van der Waals surface area (Å²) in [7, 11) is 0. The van der Waals surface area contributed by atoms with E-state index in [4.69, 9.17) is 16.1 Å². The van der Waals surface area contributed by atoms with Gasteiger partial charge in [-0.05, 0) is 39.0 Å². The fourth-order valence-corrected chi connectivity index (χ4v) is 2.32. The van der Waals surface area contributed by atoms with Crippen LogP contribution in [0.2, 0.25) is 5.02 Å². The minimum absolute atomic E-state index is 0.152. The Labute approximate surface area is 121 Å². The number of hydrogen-bond acceptors (Lipinski definition) is 4. The summed E-state index contributed by atoms with van der Waals surface area (Å²) >= 11 is 5.74. The third-order valence-corrected chi connectivity index (χ3v) is 3.31. The Bertz CT molecular complexity index is 632. The van der Waals surface area contributed by atoms with Gasteiger partial charge in [0.1, 0.15) is 11.5 Å². The van der Waals surface area contributed by atoms with Crippen LogP contribution in [0.15, 0.2) is 22.7 Å². The summed E-state index contributed by atoms with van der Waals surface area (Å²) in [6, 6.07) is 4.09. The third kappa shape index (κ3) is 2.77. The fourth-order valence-electron chi connectivity index (χ4n) is 2.15. The van der Waals surface area contributed by atoms with Crippen LogP contribution in [0, 0.1) is 13.8 Å². The first-order valence-electron chi connectivity index (χ1n) is 6.12. The van der Waals surface area contributed by atoms with Crippen LogP contribution in [-0.2, 0) is 0 Å². The second-order valence-electron chi connectivity index (χ2n) is 4.59. The van der Waals surface area contributed by atoms with Gasteiger partial charge in [0.2, 0.25) is 0 Å². The number of hydrogen-bond donors (Lipinski definition) is 2. The maximum Gasteiger partial charge on any atom is 0.255 e. The molecule has 1 heterocycles. The summed E-state index contributed by atoms with van der Waals surface area (Å²) in [4.78, 5) is 12.1. The topological polar surface area (TPSA) is 75.4 Å². The zero-order chi connectivity index (χ0) is 14.9. The fraction of sp³-hybridized carbons (Fsp3) is 0.286. The van der Waals surface area contributed by atoms with Gasteiger partial charge in [-0.1, -0.05) is 16.8 Å². The number of carbonyl (C=O) groups is 1. The van der Waals surface area contributed by atoms with Crippen LogP contribution in [0.1, 0.15) is 40.3 Å². The van der Waals surface area contributed by atoms with Gasteiger partial charge in [-0.2, -0.15) is 0 Å². The van der Waals surface area contributed by atoms with E-state index in [1.165, 1.54) is 12.1 Å². The van der Waals surface area contributed by atoms with Crippen LogP contribution >= 0.6 is 11.6 Å². The molecule has 0 fully saturated rings. The normalized spacial score (nSPS) is 12.2. The van der Waals surface area contributed by atoms with Crippen LogP contribution in [0.3, 0.4) is 0 Å². The predicted octanol–water partition coefficient (Wildman–Crippen LogP) is 3.14. The second-order valence-corrected chi connectivity index (χ2v) is 5.03. The molecule has 2 rings (SSSR count). The van der Waals surface area contributed by atoms with Crippen molar-refractivity contribution in [2.75, 3.05) is 0 Å². The van der Waals surface area contributed by atoms with Crippen LogP contribution in [-0.4, -0.2) is 16.2 Å². The maximum absolute atomic E-state index is 12.1. The Hall–Kier alpha value is -2.01. The highest BCUT2D eigenvalue weighted by Gasteiger charge is 2.20. The molecule has 1 unspecified atom stereocenters. The van der Waals surface area contributed by atoms with Gasteiger partial charge in [-0.25, -0.2) is 0 Å². The number of benzene rings is 1. The van der Waals surface area contributed by atoms with E-state index in [1.54, 1.807) is 13.0 Å². The molecule has 0 spiro atoms. The molecule has 0 aliphatic carbocycles. The van der Waals surface area contributed by atoms with E-state index >= 15 is 0 Å². The molecule has 0 saturated heterocycles. The summed E-state index contributed by atoms with van der Waals surface area (Å²) in [6.45, 7) is 5.43. The minimum atomic E-state index is -0.383. The number of aromatic hydroxyl groups is 1. The summed E-state index contributed by atoms with van der Waals surface area (Å²) in [5.41, 5.74) is 1.75. The van der Waals surface area contributed by atoms with Crippen LogP contribution in [0.25, 0.3) is 0 Å². The highest BCUT2D eigenvalue weighted by molar-refractivity contribution is 6.30. The quantitative estimate of drug-likeness (QED) is 0.912. The molecule has 2 N–H and O–H groups in total. The molecule has 1 aromatic carbocycles. The molecule has 2 aromatic rings. The van der Waals surface area contributed by atoms with Crippen molar-refractivity contribution in [2.24, 2.45) is 0 Å². The van der Waals surface area contributed by atoms with Crippen molar-refractivity contribution in [1.29, 1.82) is 0 Å². The molecule has 106 valence electrons. The Balaban J connectivity index is 2.19. The van der Waals surface area contributed by atoms with Crippen molar-refractivity contribution in [3.8, 4) is 5.75 Å². The van der Waals surface area contributed by atoms with Crippen molar-refractivity contribution < 1.29 is 14.4 Å². The number of amides is 1. The molecular weight excluding hydrogens is 280 g/mol. The molecule has 1 aromatic heterocycles. The minimum Gasteiger partial charge on any atom is -0.507 e. The van der Waals surface area contributed by atoms with E-state index in [0.717, 1.165) is 11.3 Å². The predicted molar refractivity (Wildman–Crippen MR) is 75.0 cm³/mol. The lowest BCUT2D eigenvalue weighted by Crippen LogP contribution is -2.27. The number of aryl methyl sites for hydroxylation is 2. The molecule has 0 radical (unpaired) electrons. The summed E-state index contributed by atoms with van der Waals surface area (Å²) in [6.07, 6.45) is 0. The van der Waals surface area contributed by atoms with E-state index in [1.807, 2.05) is 13.8 Å². The molecule has 1 amide bonds. The van der Waals surface area contributed by atoms with Crippen molar-refractivity contribution in [3.63, 3.8) is 0 Å². The zero-order valence-electron chi connectivity index (χ0n) is 11.4. The molecule has 20 heavy (non-hydrogen) atoms. The maximum atomic E-state index is 12.1. The monoisotopic (exact) mass is 294 g/mol. The van der Waals surface area contributed by atoms with Crippen molar-refractivity contribution >= 4 is 17.5 Å². The molecule has 0 bridgehead atoms. The van der Waals surface area contributed by atoms with Crippen molar-refractivity contribution in [1.82, 2.24) is 10.5 Å². The van der Waals surface area contributed by atoms with Gasteiger partial charge in [0.15, 0.2) is 0 Å². The highest BCUT2D eigenvalue weighted by atomic mass is 35.5.